The number of ether oxygens (including phenoxy) is 1. The van der Waals surface area contributed by atoms with E-state index in [9.17, 15) is 9.18 Å². The lowest BCUT2D eigenvalue weighted by molar-refractivity contribution is -0.124. The van der Waals surface area contributed by atoms with Crippen molar-refractivity contribution in [3.05, 3.63) is 35.6 Å². The molecule has 1 aromatic rings. The third-order valence-corrected chi connectivity index (χ3v) is 3.44. The second kappa shape index (κ2) is 6.81. The molecule has 0 saturated carbocycles. The number of carbonyl (C=O) groups excluding carboxylic acids is 1. The lowest BCUT2D eigenvalue weighted by Crippen LogP contribution is -2.46. The van der Waals surface area contributed by atoms with Crippen LogP contribution in [0.3, 0.4) is 0 Å². The van der Waals surface area contributed by atoms with Gasteiger partial charge in [-0.2, -0.15) is 0 Å². The number of halogens is 1. The number of morpholine rings is 1. The summed E-state index contributed by atoms with van der Waals surface area (Å²) in [7, 11) is 0. The summed E-state index contributed by atoms with van der Waals surface area (Å²) in [6.07, 6.45) is 0.172. The number of hydrogen-bond donors (Lipinski definition) is 1. The van der Waals surface area contributed by atoms with E-state index in [-0.39, 0.29) is 23.9 Å². The Hall–Kier alpha value is -1.46. The minimum atomic E-state index is -0.269. The molecule has 0 aromatic heterocycles. The van der Waals surface area contributed by atoms with E-state index in [4.69, 9.17) is 4.74 Å². The van der Waals surface area contributed by atoms with Crippen molar-refractivity contribution in [3.63, 3.8) is 0 Å². The molecule has 2 atom stereocenters. The predicted molar refractivity (Wildman–Crippen MR) is 74.8 cm³/mol. The van der Waals surface area contributed by atoms with Crippen molar-refractivity contribution in [2.45, 2.75) is 26.0 Å². The second-order valence-corrected chi connectivity index (χ2v) is 5.26. The number of hydrogen-bond acceptors (Lipinski definition) is 3. The second-order valence-electron chi connectivity index (χ2n) is 5.26. The fourth-order valence-electron chi connectivity index (χ4n) is 2.36. The van der Waals surface area contributed by atoms with Crippen LogP contribution >= 0.6 is 0 Å². The van der Waals surface area contributed by atoms with Gasteiger partial charge < -0.3 is 10.1 Å². The van der Waals surface area contributed by atoms with E-state index in [1.54, 1.807) is 12.1 Å². The highest BCUT2D eigenvalue weighted by molar-refractivity contribution is 5.78. The Bertz CT molecular complexity index is 450. The number of rotatable bonds is 4. The van der Waals surface area contributed by atoms with Crippen LogP contribution < -0.4 is 5.32 Å². The third kappa shape index (κ3) is 4.28. The molecule has 0 bridgehead atoms. The first-order valence-electron chi connectivity index (χ1n) is 6.93. The topological polar surface area (TPSA) is 41.6 Å². The highest BCUT2D eigenvalue weighted by Gasteiger charge is 2.19. The maximum Gasteiger partial charge on any atom is 0.234 e. The van der Waals surface area contributed by atoms with Gasteiger partial charge in [-0.1, -0.05) is 12.1 Å². The maximum absolute atomic E-state index is 12.9. The molecule has 0 aliphatic carbocycles. The lowest BCUT2D eigenvalue weighted by atomic mass is 10.1. The fourth-order valence-corrected chi connectivity index (χ4v) is 2.36. The van der Waals surface area contributed by atoms with Gasteiger partial charge in [0.25, 0.3) is 0 Å². The van der Waals surface area contributed by atoms with Crippen LogP contribution in [0.15, 0.2) is 24.3 Å². The molecule has 2 rings (SSSR count). The van der Waals surface area contributed by atoms with Gasteiger partial charge in [0, 0.05) is 13.1 Å². The van der Waals surface area contributed by atoms with E-state index in [0.29, 0.717) is 13.2 Å². The normalized spacial score (nSPS) is 21.4. The Morgan fingerprint density at radius 2 is 2.20 bits per heavy atom. The summed E-state index contributed by atoms with van der Waals surface area (Å²) < 4.78 is 18.3. The molecule has 1 saturated heterocycles. The third-order valence-electron chi connectivity index (χ3n) is 3.44. The van der Waals surface area contributed by atoms with Crippen LogP contribution in [0.4, 0.5) is 4.39 Å². The summed E-state index contributed by atoms with van der Waals surface area (Å²) >= 11 is 0. The van der Waals surface area contributed by atoms with E-state index in [1.807, 2.05) is 13.8 Å². The van der Waals surface area contributed by atoms with Gasteiger partial charge in [0.15, 0.2) is 0 Å². The summed E-state index contributed by atoms with van der Waals surface area (Å²) in [5.74, 6) is -0.287. The molecule has 1 aliphatic rings. The summed E-state index contributed by atoms with van der Waals surface area (Å²) in [5, 5.41) is 2.93. The summed E-state index contributed by atoms with van der Waals surface area (Å²) in [6, 6.07) is 6.07. The number of nitrogens with zero attached hydrogens (tertiary/aromatic N) is 1. The zero-order chi connectivity index (χ0) is 14.5. The Labute approximate surface area is 118 Å². The number of amides is 1. The molecule has 1 amide bonds. The van der Waals surface area contributed by atoms with Gasteiger partial charge in [0.05, 0.1) is 25.3 Å². The first kappa shape index (κ1) is 14.9. The van der Waals surface area contributed by atoms with E-state index < -0.39 is 0 Å². The van der Waals surface area contributed by atoms with Crippen molar-refractivity contribution in [2.24, 2.45) is 0 Å². The molecule has 0 unspecified atom stereocenters. The first-order valence-corrected chi connectivity index (χ1v) is 6.93. The standard InChI is InChI=1S/C15H21FN2O2/c1-11-9-18(7-8-20-11)10-15(19)17-12(2)13-3-5-14(16)6-4-13/h3-6,11-12H,7-10H2,1-2H3,(H,17,19)/t11-,12-/m1/s1. The minimum absolute atomic E-state index is 0.0177. The lowest BCUT2D eigenvalue weighted by Gasteiger charge is -2.30. The maximum atomic E-state index is 12.9. The van der Waals surface area contributed by atoms with Gasteiger partial charge in [-0.25, -0.2) is 4.39 Å². The summed E-state index contributed by atoms with van der Waals surface area (Å²) in [6.45, 7) is 6.50. The van der Waals surface area contributed by atoms with Gasteiger partial charge in [-0.05, 0) is 31.5 Å². The highest BCUT2D eigenvalue weighted by Crippen LogP contribution is 2.13. The van der Waals surface area contributed by atoms with E-state index in [0.717, 1.165) is 18.7 Å². The van der Waals surface area contributed by atoms with Crippen LogP contribution in [0.5, 0.6) is 0 Å². The molecular weight excluding hydrogens is 259 g/mol. The molecule has 0 radical (unpaired) electrons. The van der Waals surface area contributed by atoms with Crippen molar-refractivity contribution in [1.29, 1.82) is 0 Å². The van der Waals surface area contributed by atoms with E-state index in [1.165, 1.54) is 12.1 Å². The average Bonchev–Trinajstić information content (AvgIpc) is 2.39. The van der Waals surface area contributed by atoms with Crippen molar-refractivity contribution in [1.82, 2.24) is 10.2 Å². The molecule has 1 fully saturated rings. The van der Waals surface area contributed by atoms with E-state index >= 15 is 0 Å². The zero-order valence-corrected chi connectivity index (χ0v) is 11.9. The molecule has 1 heterocycles. The largest absolute Gasteiger partial charge is 0.376 e. The summed E-state index contributed by atoms with van der Waals surface area (Å²) in [4.78, 5) is 14.1. The van der Waals surface area contributed by atoms with Crippen LogP contribution in [-0.4, -0.2) is 43.2 Å². The molecular formula is C15H21FN2O2. The van der Waals surface area contributed by atoms with Gasteiger partial charge in [0.1, 0.15) is 5.82 Å². The van der Waals surface area contributed by atoms with Gasteiger partial charge in [-0.15, -0.1) is 0 Å². The fraction of sp³-hybridized carbons (Fsp3) is 0.533. The molecule has 1 aliphatic heterocycles. The molecule has 20 heavy (non-hydrogen) atoms. The minimum Gasteiger partial charge on any atom is -0.376 e. The number of nitrogens with one attached hydrogen (secondary N) is 1. The predicted octanol–water partition coefficient (Wildman–Crippen LogP) is 1.72. The number of benzene rings is 1. The van der Waals surface area contributed by atoms with Crippen molar-refractivity contribution < 1.29 is 13.9 Å². The van der Waals surface area contributed by atoms with Crippen LogP contribution in [0.25, 0.3) is 0 Å². The SMILES string of the molecule is C[C@@H]1CN(CC(=O)N[C@H](C)c2ccc(F)cc2)CCO1. The monoisotopic (exact) mass is 280 g/mol. The quantitative estimate of drug-likeness (QED) is 0.913. The van der Waals surface area contributed by atoms with E-state index in [2.05, 4.69) is 10.2 Å². The molecule has 5 heteroatoms. The Morgan fingerprint density at radius 3 is 2.85 bits per heavy atom. The number of carbonyl (C=O) groups is 1. The van der Waals surface area contributed by atoms with Crippen LogP contribution in [0.2, 0.25) is 0 Å². The van der Waals surface area contributed by atoms with Gasteiger partial charge >= 0.3 is 0 Å². The molecule has 0 spiro atoms. The van der Waals surface area contributed by atoms with Gasteiger partial charge in [-0.3, -0.25) is 9.69 Å². The van der Waals surface area contributed by atoms with Crippen LogP contribution in [-0.2, 0) is 9.53 Å². The Kier molecular flexibility index (Phi) is 5.09. The highest BCUT2D eigenvalue weighted by atomic mass is 19.1. The van der Waals surface area contributed by atoms with Crippen molar-refractivity contribution in [3.8, 4) is 0 Å². The summed E-state index contributed by atoms with van der Waals surface area (Å²) in [5.41, 5.74) is 0.898. The van der Waals surface area contributed by atoms with Gasteiger partial charge in [0.2, 0.25) is 5.91 Å². The molecule has 110 valence electrons. The smallest absolute Gasteiger partial charge is 0.234 e. The first-order chi connectivity index (χ1) is 9.54. The average molecular weight is 280 g/mol. The molecule has 4 nitrogen and oxygen atoms in total. The molecule has 1 N–H and O–H groups in total. The van der Waals surface area contributed by atoms with Crippen LogP contribution in [0.1, 0.15) is 25.5 Å². The molecule has 1 aromatic carbocycles. The zero-order valence-electron chi connectivity index (χ0n) is 11.9. The van der Waals surface area contributed by atoms with Crippen molar-refractivity contribution in [2.75, 3.05) is 26.2 Å². The van der Waals surface area contributed by atoms with Crippen LogP contribution in [0, 0.1) is 5.82 Å². The Balaban J connectivity index is 1.83. The Morgan fingerprint density at radius 1 is 1.50 bits per heavy atom. The van der Waals surface area contributed by atoms with Crippen molar-refractivity contribution >= 4 is 5.91 Å².